The highest BCUT2D eigenvalue weighted by atomic mass is 16.6. The van der Waals surface area contributed by atoms with Crippen LogP contribution in [0.15, 0.2) is 28.9 Å². The predicted molar refractivity (Wildman–Crippen MR) is 66.4 cm³/mol. The van der Waals surface area contributed by atoms with Gasteiger partial charge in [-0.2, -0.15) is 0 Å². The molecule has 2 rings (SSSR count). The third-order valence-electron chi connectivity index (χ3n) is 2.45. The van der Waals surface area contributed by atoms with Gasteiger partial charge >= 0.3 is 5.69 Å². The van der Waals surface area contributed by atoms with Gasteiger partial charge in [0.1, 0.15) is 0 Å². The normalized spacial score (nSPS) is 11.2. The molecule has 0 bridgehead atoms. The van der Waals surface area contributed by atoms with Crippen molar-refractivity contribution in [2.45, 2.75) is 13.3 Å². The van der Waals surface area contributed by atoms with Crippen LogP contribution in [0.1, 0.15) is 13.3 Å². The maximum absolute atomic E-state index is 10.8. The molecule has 0 aliphatic heterocycles. The van der Waals surface area contributed by atoms with Crippen molar-refractivity contribution in [3.63, 3.8) is 0 Å². The molecule has 18 heavy (non-hydrogen) atoms. The molecule has 0 unspecified atom stereocenters. The molecule has 0 saturated carbocycles. The SMILES string of the molecule is C/C=C/CCNc1ccc([N+](=O)[O-])c2nonc12. The molecule has 0 fully saturated rings. The van der Waals surface area contributed by atoms with Crippen molar-refractivity contribution >= 4 is 22.4 Å². The van der Waals surface area contributed by atoms with Crippen LogP contribution in [-0.4, -0.2) is 21.8 Å². The largest absolute Gasteiger partial charge is 0.383 e. The number of nitrogens with zero attached hydrogens (tertiary/aromatic N) is 3. The summed E-state index contributed by atoms with van der Waals surface area (Å²) in [6, 6.07) is 3.00. The van der Waals surface area contributed by atoms with Gasteiger partial charge in [-0.05, 0) is 29.7 Å². The van der Waals surface area contributed by atoms with Gasteiger partial charge in [-0.15, -0.1) is 0 Å². The predicted octanol–water partition coefficient (Wildman–Crippen LogP) is 2.51. The smallest absolute Gasteiger partial charge is 0.300 e. The molecule has 1 N–H and O–H groups in total. The van der Waals surface area contributed by atoms with Gasteiger partial charge in [0.25, 0.3) is 0 Å². The summed E-state index contributed by atoms with van der Waals surface area (Å²) in [5.41, 5.74) is 1.12. The van der Waals surface area contributed by atoms with Gasteiger partial charge in [-0.3, -0.25) is 10.1 Å². The zero-order valence-electron chi connectivity index (χ0n) is 9.79. The van der Waals surface area contributed by atoms with Crippen molar-refractivity contribution in [1.82, 2.24) is 10.3 Å². The Balaban J connectivity index is 2.27. The van der Waals surface area contributed by atoms with E-state index in [-0.39, 0.29) is 11.2 Å². The van der Waals surface area contributed by atoms with E-state index >= 15 is 0 Å². The zero-order chi connectivity index (χ0) is 13.0. The lowest BCUT2D eigenvalue weighted by Crippen LogP contribution is -2.01. The molecular formula is C11H12N4O3. The van der Waals surface area contributed by atoms with Crippen molar-refractivity contribution in [2.24, 2.45) is 0 Å². The number of nitro groups is 1. The van der Waals surface area contributed by atoms with Crippen molar-refractivity contribution in [3.8, 4) is 0 Å². The molecule has 1 heterocycles. The number of nitrogens with one attached hydrogen (secondary N) is 1. The highest BCUT2D eigenvalue weighted by Gasteiger charge is 2.19. The minimum absolute atomic E-state index is 0.106. The third kappa shape index (κ3) is 2.29. The van der Waals surface area contributed by atoms with Crippen molar-refractivity contribution in [3.05, 3.63) is 34.4 Å². The number of nitro benzene ring substituents is 1. The Morgan fingerprint density at radius 3 is 2.94 bits per heavy atom. The van der Waals surface area contributed by atoms with E-state index in [0.717, 1.165) is 6.42 Å². The minimum Gasteiger partial charge on any atom is -0.383 e. The van der Waals surface area contributed by atoms with Crippen LogP contribution >= 0.6 is 0 Å². The van der Waals surface area contributed by atoms with E-state index in [4.69, 9.17) is 0 Å². The molecule has 94 valence electrons. The number of benzene rings is 1. The number of non-ortho nitro benzene ring substituents is 1. The highest BCUT2D eigenvalue weighted by molar-refractivity contribution is 5.93. The Morgan fingerprint density at radius 1 is 1.44 bits per heavy atom. The molecule has 0 aliphatic rings. The van der Waals surface area contributed by atoms with Gasteiger partial charge in [0.2, 0.25) is 5.52 Å². The van der Waals surface area contributed by atoms with Gasteiger partial charge in [-0.25, -0.2) is 4.63 Å². The molecule has 1 aromatic carbocycles. The van der Waals surface area contributed by atoms with E-state index in [0.29, 0.717) is 17.7 Å². The lowest BCUT2D eigenvalue weighted by molar-refractivity contribution is -0.383. The Hall–Kier alpha value is -2.44. The molecule has 0 aliphatic carbocycles. The molecule has 7 heteroatoms. The summed E-state index contributed by atoms with van der Waals surface area (Å²) in [5.74, 6) is 0. The number of rotatable bonds is 5. The Bertz CT molecular complexity index is 591. The van der Waals surface area contributed by atoms with Crippen molar-refractivity contribution < 1.29 is 9.55 Å². The third-order valence-corrected chi connectivity index (χ3v) is 2.45. The van der Waals surface area contributed by atoms with Gasteiger partial charge < -0.3 is 5.32 Å². The molecule has 2 aromatic rings. The van der Waals surface area contributed by atoms with Gasteiger partial charge in [-0.1, -0.05) is 12.2 Å². The fourth-order valence-corrected chi connectivity index (χ4v) is 1.60. The fraction of sp³-hybridized carbons (Fsp3) is 0.273. The van der Waals surface area contributed by atoms with Crippen LogP contribution in [0.2, 0.25) is 0 Å². The van der Waals surface area contributed by atoms with E-state index in [2.05, 4.69) is 20.3 Å². The summed E-state index contributed by atoms with van der Waals surface area (Å²) in [6.45, 7) is 2.66. The van der Waals surface area contributed by atoms with Crippen LogP contribution in [0.25, 0.3) is 11.0 Å². The second kappa shape index (κ2) is 5.26. The van der Waals surface area contributed by atoms with Crippen LogP contribution < -0.4 is 5.32 Å². The Morgan fingerprint density at radius 2 is 2.22 bits per heavy atom. The van der Waals surface area contributed by atoms with Crippen molar-refractivity contribution in [2.75, 3.05) is 11.9 Å². The first-order valence-corrected chi connectivity index (χ1v) is 5.48. The van der Waals surface area contributed by atoms with E-state index < -0.39 is 4.92 Å². The summed E-state index contributed by atoms with van der Waals surface area (Å²) >= 11 is 0. The molecule has 0 amide bonds. The molecular weight excluding hydrogens is 236 g/mol. The van der Waals surface area contributed by atoms with Crippen LogP contribution in [0.4, 0.5) is 11.4 Å². The second-order valence-corrected chi connectivity index (χ2v) is 3.64. The highest BCUT2D eigenvalue weighted by Crippen LogP contribution is 2.28. The molecule has 0 saturated heterocycles. The molecule has 1 aromatic heterocycles. The van der Waals surface area contributed by atoms with Gasteiger partial charge in [0.05, 0.1) is 10.6 Å². The summed E-state index contributed by atoms with van der Waals surface area (Å²) in [7, 11) is 0. The van der Waals surface area contributed by atoms with E-state index in [1.165, 1.54) is 6.07 Å². The van der Waals surface area contributed by atoms with Crippen molar-refractivity contribution in [1.29, 1.82) is 0 Å². The number of hydrogen-bond donors (Lipinski definition) is 1. The first kappa shape index (κ1) is 12.0. The van der Waals surface area contributed by atoms with Crippen LogP contribution in [0, 0.1) is 10.1 Å². The molecule has 0 atom stereocenters. The summed E-state index contributed by atoms with van der Waals surface area (Å²) in [6.07, 6.45) is 4.85. The maximum Gasteiger partial charge on any atom is 0.300 e. The number of allylic oxidation sites excluding steroid dienone is 1. The number of anilines is 1. The second-order valence-electron chi connectivity index (χ2n) is 3.64. The van der Waals surface area contributed by atoms with E-state index in [9.17, 15) is 10.1 Å². The Labute approximate surface area is 103 Å². The topological polar surface area (TPSA) is 94.1 Å². The number of fused-ring (bicyclic) bond motifs is 1. The molecule has 0 spiro atoms. The van der Waals surface area contributed by atoms with Crippen LogP contribution in [0.5, 0.6) is 0 Å². The average molecular weight is 248 g/mol. The maximum atomic E-state index is 10.8. The lowest BCUT2D eigenvalue weighted by atomic mass is 10.2. The zero-order valence-corrected chi connectivity index (χ0v) is 9.79. The Kier molecular flexibility index (Phi) is 3.52. The first-order chi connectivity index (χ1) is 8.74. The average Bonchev–Trinajstić information content (AvgIpc) is 2.83. The number of hydrogen-bond acceptors (Lipinski definition) is 6. The molecule has 0 radical (unpaired) electrons. The monoisotopic (exact) mass is 248 g/mol. The summed E-state index contributed by atoms with van der Waals surface area (Å²) < 4.78 is 4.57. The summed E-state index contributed by atoms with van der Waals surface area (Å²) in [4.78, 5) is 10.3. The lowest BCUT2D eigenvalue weighted by Gasteiger charge is -2.04. The van der Waals surface area contributed by atoms with E-state index in [1.807, 2.05) is 19.1 Å². The minimum atomic E-state index is -0.504. The van der Waals surface area contributed by atoms with E-state index in [1.54, 1.807) is 6.07 Å². The quantitative estimate of drug-likeness (QED) is 0.378. The molecule has 7 nitrogen and oxygen atoms in total. The van der Waals surface area contributed by atoms with Gasteiger partial charge in [0, 0.05) is 12.6 Å². The number of aromatic nitrogens is 2. The standard InChI is InChI=1S/C11H12N4O3/c1-2-3-4-7-12-8-5-6-9(15(16)17)11-10(8)13-18-14-11/h2-3,5-6,12H,4,7H2,1H3/b3-2+. The fourth-order valence-electron chi connectivity index (χ4n) is 1.60. The van der Waals surface area contributed by atoms with Gasteiger partial charge in [0.15, 0.2) is 5.52 Å². The van der Waals surface area contributed by atoms with Crippen LogP contribution in [-0.2, 0) is 0 Å². The first-order valence-electron chi connectivity index (χ1n) is 5.48. The summed E-state index contributed by atoms with van der Waals surface area (Å²) in [5, 5.41) is 21.2. The van der Waals surface area contributed by atoms with Crippen LogP contribution in [0.3, 0.4) is 0 Å².